The van der Waals surface area contributed by atoms with E-state index in [9.17, 15) is 0 Å². The molecule has 0 fully saturated rings. The van der Waals surface area contributed by atoms with E-state index in [0.717, 1.165) is 5.69 Å². The maximum Gasteiger partial charge on any atom is 0.138 e. The molecule has 0 spiro atoms. The van der Waals surface area contributed by atoms with Crippen molar-refractivity contribution in [3.8, 4) is 0 Å². The van der Waals surface area contributed by atoms with E-state index in [1.54, 1.807) is 0 Å². The highest BCUT2D eigenvalue weighted by molar-refractivity contribution is 14.1. The lowest BCUT2D eigenvalue weighted by Gasteiger charge is -1.96. The van der Waals surface area contributed by atoms with Gasteiger partial charge in [0.25, 0.3) is 0 Å². The van der Waals surface area contributed by atoms with Crippen LogP contribution >= 0.6 is 34.8 Å². The zero-order valence-corrected chi connectivity index (χ0v) is 8.07. The molecule has 0 aromatic heterocycles. The molecular formula is C7H5INS. The lowest BCUT2D eigenvalue weighted by Crippen LogP contribution is -1.90. The molecule has 1 aromatic rings. The summed E-state index contributed by atoms with van der Waals surface area (Å²) in [7, 11) is 0. The molecular weight excluding hydrogens is 257 g/mol. The van der Waals surface area contributed by atoms with E-state index in [1.807, 2.05) is 24.3 Å². The monoisotopic (exact) mass is 262 g/mol. The van der Waals surface area contributed by atoms with Gasteiger partial charge in [0, 0.05) is 9.26 Å². The average molecular weight is 262 g/mol. The minimum absolute atomic E-state index is 0.982. The van der Waals surface area contributed by atoms with Crippen LogP contribution in [0.2, 0.25) is 0 Å². The quantitative estimate of drug-likeness (QED) is 0.499. The molecule has 1 rings (SSSR count). The van der Waals surface area contributed by atoms with Crippen LogP contribution in [-0.2, 0) is 0 Å². The molecule has 0 amide bonds. The first-order chi connectivity index (χ1) is 4.83. The van der Waals surface area contributed by atoms with Crippen molar-refractivity contribution in [3.05, 3.63) is 27.8 Å². The van der Waals surface area contributed by atoms with Crippen LogP contribution in [0.4, 0.5) is 5.69 Å². The molecule has 1 N–H and O–H groups in total. The van der Waals surface area contributed by atoms with Gasteiger partial charge in [-0.05, 0) is 46.9 Å². The molecule has 0 bridgehead atoms. The molecule has 0 saturated heterocycles. The predicted molar refractivity (Wildman–Crippen MR) is 55.4 cm³/mol. The van der Waals surface area contributed by atoms with Crippen LogP contribution < -0.4 is 5.32 Å². The minimum Gasteiger partial charge on any atom is -0.344 e. The first-order valence-electron chi connectivity index (χ1n) is 2.71. The van der Waals surface area contributed by atoms with Gasteiger partial charge in [-0.3, -0.25) is 0 Å². The van der Waals surface area contributed by atoms with Gasteiger partial charge < -0.3 is 5.32 Å². The summed E-state index contributed by atoms with van der Waals surface area (Å²) in [5, 5.41) is 2.80. The third kappa shape index (κ3) is 2.22. The zero-order chi connectivity index (χ0) is 7.40. The van der Waals surface area contributed by atoms with Crippen LogP contribution in [0.3, 0.4) is 0 Å². The topological polar surface area (TPSA) is 12.0 Å². The third-order valence-electron chi connectivity index (χ3n) is 1.04. The fourth-order valence-corrected chi connectivity index (χ4v) is 1.07. The van der Waals surface area contributed by atoms with Crippen LogP contribution in [-0.4, -0.2) is 5.49 Å². The SMILES string of the molecule is S=[C]Nc1ccc(I)cc1. The van der Waals surface area contributed by atoms with Crippen molar-refractivity contribution in [1.82, 2.24) is 0 Å². The number of halogens is 1. The number of thiocarbonyl (C=S) groups is 1. The molecule has 0 atom stereocenters. The van der Waals surface area contributed by atoms with Gasteiger partial charge in [0.05, 0.1) is 0 Å². The molecule has 1 radical (unpaired) electrons. The van der Waals surface area contributed by atoms with Gasteiger partial charge in [-0.25, -0.2) is 0 Å². The third-order valence-corrected chi connectivity index (χ3v) is 1.86. The fraction of sp³-hybridized carbons (Fsp3) is 0. The zero-order valence-electron chi connectivity index (χ0n) is 5.10. The second-order valence-corrected chi connectivity index (χ2v) is 3.18. The second-order valence-electron chi connectivity index (χ2n) is 1.73. The van der Waals surface area contributed by atoms with Gasteiger partial charge in [0.15, 0.2) is 0 Å². The largest absolute Gasteiger partial charge is 0.344 e. The fourth-order valence-electron chi connectivity index (χ4n) is 0.592. The van der Waals surface area contributed by atoms with Crippen LogP contribution in [0.5, 0.6) is 0 Å². The lowest BCUT2D eigenvalue weighted by atomic mass is 10.3. The Bertz CT molecular complexity index is 220. The van der Waals surface area contributed by atoms with Gasteiger partial charge in [-0.1, -0.05) is 12.2 Å². The van der Waals surface area contributed by atoms with E-state index in [-0.39, 0.29) is 0 Å². The molecule has 10 heavy (non-hydrogen) atoms. The molecule has 1 nitrogen and oxygen atoms in total. The molecule has 0 aliphatic rings. The van der Waals surface area contributed by atoms with Gasteiger partial charge in [0.1, 0.15) is 5.49 Å². The van der Waals surface area contributed by atoms with E-state index < -0.39 is 0 Å². The maximum absolute atomic E-state index is 4.50. The number of anilines is 1. The summed E-state index contributed by atoms with van der Waals surface area (Å²) in [5.41, 5.74) is 3.42. The number of rotatable bonds is 2. The highest BCUT2D eigenvalue weighted by atomic mass is 127. The first kappa shape index (κ1) is 7.94. The molecule has 3 heteroatoms. The molecule has 0 aliphatic heterocycles. The summed E-state index contributed by atoms with van der Waals surface area (Å²) in [6.07, 6.45) is 0. The number of hydrogen-bond donors (Lipinski definition) is 1. The summed E-state index contributed by atoms with van der Waals surface area (Å²) in [4.78, 5) is 0. The standard InChI is InChI=1S/C7H5INS/c8-6-1-3-7(4-2-6)9-5-10/h1-4H,(H,9,10). The van der Waals surface area contributed by atoms with E-state index in [2.05, 4.69) is 45.6 Å². The van der Waals surface area contributed by atoms with Gasteiger partial charge in [0.2, 0.25) is 0 Å². The Labute approximate surface area is 79.0 Å². The Hall–Kier alpha value is -0.160. The van der Waals surface area contributed by atoms with Crippen molar-refractivity contribution in [2.75, 3.05) is 5.32 Å². The van der Waals surface area contributed by atoms with E-state index in [0.29, 0.717) is 0 Å². The molecule has 0 saturated carbocycles. The van der Waals surface area contributed by atoms with E-state index >= 15 is 0 Å². The smallest absolute Gasteiger partial charge is 0.138 e. The molecule has 0 aliphatic carbocycles. The summed E-state index contributed by atoms with van der Waals surface area (Å²) < 4.78 is 1.22. The normalized spacial score (nSPS) is 8.90. The Morgan fingerprint density at radius 3 is 2.40 bits per heavy atom. The summed E-state index contributed by atoms with van der Waals surface area (Å²) in [5.74, 6) is 0. The molecule has 0 heterocycles. The highest BCUT2D eigenvalue weighted by Gasteiger charge is 1.86. The van der Waals surface area contributed by atoms with Crippen molar-refractivity contribution in [3.63, 3.8) is 0 Å². The number of hydrogen-bond acceptors (Lipinski definition) is 1. The van der Waals surface area contributed by atoms with Crippen LogP contribution in [0.25, 0.3) is 0 Å². The Balaban J connectivity index is 2.78. The molecule has 1 aromatic carbocycles. The summed E-state index contributed by atoms with van der Waals surface area (Å²) in [6.45, 7) is 0. The first-order valence-corrected chi connectivity index (χ1v) is 4.20. The van der Waals surface area contributed by atoms with Crippen molar-refractivity contribution in [2.24, 2.45) is 0 Å². The van der Waals surface area contributed by atoms with Gasteiger partial charge >= 0.3 is 0 Å². The van der Waals surface area contributed by atoms with Gasteiger partial charge in [-0.15, -0.1) is 0 Å². The summed E-state index contributed by atoms with van der Waals surface area (Å²) in [6, 6.07) is 7.94. The Morgan fingerprint density at radius 1 is 1.30 bits per heavy atom. The maximum atomic E-state index is 4.50. The van der Waals surface area contributed by atoms with Crippen molar-refractivity contribution < 1.29 is 0 Å². The Morgan fingerprint density at radius 2 is 1.90 bits per heavy atom. The molecule has 0 unspecified atom stereocenters. The minimum atomic E-state index is 0.982. The van der Waals surface area contributed by atoms with Crippen molar-refractivity contribution >= 4 is 46.0 Å². The summed E-state index contributed by atoms with van der Waals surface area (Å²) >= 11 is 6.75. The van der Waals surface area contributed by atoms with E-state index in [1.165, 1.54) is 3.57 Å². The van der Waals surface area contributed by atoms with Crippen molar-refractivity contribution in [1.29, 1.82) is 0 Å². The van der Waals surface area contributed by atoms with E-state index in [4.69, 9.17) is 0 Å². The Kier molecular flexibility index (Phi) is 3.08. The predicted octanol–water partition coefficient (Wildman–Crippen LogP) is 2.54. The second kappa shape index (κ2) is 3.88. The van der Waals surface area contributed by atoms with Crippen LogP contribution in [0, 0.1) is 3.57 Å². The average Bonchev–Trinajstić information content (AvgIpc) is 1.95. The number of nitrogens with one attached hydrogen (secondary N) is 1. The number of benzene rings is 1. The van der Waals surface area contributed by atoms with Crippen molar-refractivity contribution in [2.45, 2.75) is 0 Å². The van der Waals surface area contributed by atoms with Crippen LogP contribution in [0.1, 0.15) is 0 Å². The lowest BCUT2D eigenvalue weighted by molar-refractivity contribution is 1.62. The van der Waals surface area contributed by atoms with Crippen LogP contribution in [0.15, 0.2) is 24.3 Å². The molecule has 51 valence electrons. The van der Waals surface area contributed by atoms with Gasteiger partial charge in [-0.2, -0.15) is 0 Å². The highest BCUT2D eigenvalue weighted by Crippen LogP contribution is 2.09.